The van der Waals surface area contributed by atoms with Gasteiger partial charge in [-0.1, -0.05) is 0 Å². The average molecular weight is 300 g/mol. The molecule has 0 bridgehead atoms. The zero-order valence-corrected chi connectivity index (χ0v) is 12.6. The number of hydrogen-bond donors (Lipinski definition) is 2. The highest BCUT2D eigenvalue weighted by Gasteiger charge is 2.44. The third-order valence-electron chi connectivity index (χ3n) is 3.96. The number of hydrogen-bond acceptors (Lipinski definition) is 3. The summed E-state index contributed by atoms with van der Waals surface area (Å²) in [7, 11) is 0. The Hall–Kier alpha value is -2.35. The molecule has 1 aromatic carbocycles. The van der Waals surface area contributed by atoms with E-state index in [4.69, 9.17) is 15.9 Å². The summed E-state index contributed by atoms with van der Waals surface area (Å²) in [4.78, 5) is 11.9. The Kier molecular flexibility index (Phi) is 3.84. The fourth-order valence-electron chi connectivity index (χ4n) is 2.91. The fourth-order valence-corrected chi connectivity index (χ4v) is 2.91. The third-order valence-corrected chi connectivity index (χ3v) is 3.96. The lowest BCUT2D eigenvalue weighted by molar-refractivity contribution is -0.0716. The van der Waals surface area contributed by atoms with E-state index >= 15 is 0 Å². The molecule has 3 rings (SSSR count). The molecule has 5 nitrogen and oxygen atoms in total. The molecular formula is C17H20N2O3. The lowest BCUT2D eigenvalue weighted by Crippen LogP contribution is -2.35. The second-order valence-corrected chi connectivity index (χ2v) is 5.89. The van der Waals surface area contributed by atoms with E-state index in [1.165, 1.54) is 0 Å². The number of urea groups is 1. The third kappa shape index (κ3) is 2.96. The second-order valence-electron chi connectivity index (χ2n) is 5.89. The zero-order chi connectivity index (χ0) is 15.6. The van der Waals surface area contributed by atoms with Crippen LogP contribution in [-0.4, -0.2) is 17.9 Å². The smallest absolute Gasteiger partial charge is 0.319 e. The summed E-state index contributed by atoms with van der Waals surface area (Å²) in [5.74, 6) is 3.47. The quantitative estimate of drug-likeness (QED) is 0.842. The molecule has 2 amide bonds. The van der Waals surface area contributed by atoms with Gasteiger partial charge in [0.05, 0.1) is 0 Å². The number of carbonyl (C=O) groups excluding carboxylic acids is 1. The molecule has 116 valence electrons. The van der Waals surface area contributed by atoms with Gasteiger partial charge in [0, 0.05) is 37.1 Å². The topological polar surface area (TPSA) is 59.6 Å². The van der Waals surface area contributed by atoms with E-state index in [-0.39, 0.29) is 12.1 Å². The first kappa shape index (κ1) is 14.6. The molecule has 2 N–H and O–H groups in total. The van der Waals surface area contributed by atoms with E-state index in [0.29, 0.717) is 17.9 Å². The van der Waals surface area contributed by atoms with E-state index in [1.807, 2.05) is 19.1 Å². The standard InChI is InChI=1S/C17H20N2O3/c1-3-6-12(2)18-16(20)19-13-7-8-14-15(11-13)22-17(21-14)9-4-5-10-17/h1,7-8,11-12H,4-6,9-10H2,2H3,(H2,18,19,20)/t12-/m0/s1. The molecule has 2 aliphatic rings. The van der Waals surface area contributed by atoms with E-state index < -0.39 is 5.79 Å². The molecule has 5 heteroatoms. The maximum absolute atomic E-state index is 11.9. The number of anilines is 1. The Morgan fingerprint density at radius 3 is 2.82 bits per heavy atom. The van der Waals surface area contributed by atoms with Crippen LogP contribution in [0.3, 0.4) is 0 Å². The van der Waals surface area contributed by atoms with Crippen molar-refractivity contribution >= 4 is 11.7 Å². The summed E-state index contributed by atoms with van der Waals surface area (Å²) in [6, 6.07) is 5.09. The lowest BCUT2D eigenvalue weighted by atomic mass is 10.2. The molecule has 0 saturated heterocycles. The highest BCUT2D eigenvalue weighted by atomic mass is 16.7. The maximum atomic E-state index is 11.9. The van der Waals surface area contributed by atoms with Gasteiger partial charge in [0.2, 0.25) is 0 Å². The van der Waals surface area contributed by atoms with Crippen LogP contribution in [0.5, 0.6) is 11.5 Å². The van der Waals surface area contributed by atoms with Crippen molar-refractivity contribution in [2.45, 2.75) is 50.9 Å². The van der Waals surface area contributed by atoms with Gasteiger partial charge < -0.3 is 20.1 Å². The monoisotopic (exact) mass is 300 g/mol. The fraction of sp³-hybridized carbons (Fsp3) is 0.471. The number of nitrogens with one attached hydrogen (secondary N) is 2. The van der Waals surface area contributed by atoms with Gasteiger partial charge in [-0.2, -0.15) is 0 Å². The SMILES string of the molecule is C#CC[C@H](C)NC(=O)Nc1ccc2c(c1)OC1(CCCC1)O2. The molecule has 1 saturated carbocycles. The van der Waals surface area contributed by atoms with E-state index in [0.717, 1.165) is 31.4 Å². The predicted octanol–water partition coefficient (Wildman–Crippen LogP) is 3.26. The largest absolute Gasteiger partial charge is 0.448 e. The van der Waals surface area contributed by atoms with Crippen LogP contribution in [0.4, 0.5) is 10.5 Å². The minimum Gasteiger partial charge on any atom is -0.448 e. The van der Waals surface area contributed by atoms with Crippen molar-refractivity contribution in [3.05, 3.63) is 18.2 Å². The van der Waals surface area contributed by atoms with Gasteiger partial charge in [-0.15, -0.1) is 12.3 Å². The van der Waals surface area contributed by atoms with Crippen LogP contribution in [0.25, 0.3) is 0 Å². The molecule has 22 heavy (non-hydrogen) atoms. The van der Waals surface area contributed by atoms with Crippen LogP contribution in [0, 0.1) is 12.3 Å². The Balaban J connectivity index is 1.63. The van der Waals surface area contributed by atoms with Gasteiger partial charge >= 0.3 is 6.03 Å². The summed E-state index contributed by atoms with van der Waals surface area (Å²) in [6.07, 6.45) is 9.78. The minimum atomic E-state index is -0.482. The van der Waals surface area contributed by atoms with Crippen LogP contribution in [0.15, 0.2) is 18.2 Å². The highest BCUT2D eigenvalue weighted by Crippen LogP contribution is 2.47. The van der Waals surface area contributed by atoms with Gasteiger partial charge in [-0.05, 0) is 31.9 Å². The molecule has 0 aromatic heterocycles. The van der Waals surface area contributed by atoms with Crippen molar-refractivity contribution in [1.82, 2.24) is 5.32 Å². The zero-order valence-electron chi connectivity index (χ0n) is 12.6. The van der Waals surface area contributed by atoms with E-state index in [1.54, 1.807) is 6.07 Å². The van der Waals surface area contributed by atoms with Crippen molar-refractivity contribution in [3.63, 3.8) is 0 Å². The van der Waals surface area contributed by atoms with E-state index in [9.17, 15) is 4.79 Å². The van der Waals surface area contributed by atoms with Crippen molar-refractivity contribution < 1.29 is 14.3 Å². The Morgan fingerprint density at radius 1 is 1.36 bits per heavy atom. The molecule has 1 heterocycles. The van der Waals surface area contributed by atoms with Gasteiger partial charge in [0.15, 0.2) is 11.5 Å². The molecule has 0 unspecified atom stereocenters. The number of terminal acetylenes is 1. The van der Waals surface area contributed by atoms with Gasteiger partial charge in [0.1, 0.15) is 0 Å². The summed E-state index contributed by atoms with van der Waals surface area (Å²) in [6.45, 7) is 1.86. The lowest BCUT2D eigenvalue weighted by Gasteiger charge is -2.21. The highest BCUT2D eigenvalue weighted by molar-refractivity contribution is 5.89. The van der Waals surface area contributed by atoms with Crippen molar-refractivity contribution in [2.24, 2.45) is 0 Å². The number of amides is 2. The maximum Gasteiger partial charge on any atom is 0.319 e. The number of fused-ring (bicyclic) bond motifs is 1. The molecule has 1 fully saturated rings. The van der Waals surface area contributed by atoms with Gasteiger partial charge in [0.25, 0.3) is 5.79 Å². The number of ether oxygens (including phenoxy) is 2. The van der Waals surface area contributed by atoms with Crippen molar-refractivity contribution in [1.29, 1.82) is 0 Å². The molecule has 0 radical (unpaired) electrons. The molecule has 1 aliphatic heterocycles. The molecule has 1 spiro atoms. The predicted molar refractivity (Wildman–Crippen MR) is 84.0 cm³/mol. The van der Waals surface area contributed by atoms with Gasteiger partial charge in [-0.25, -0.2) is 4.79 Å². The molecule has 1 aromatic rings. The van der Waals surface area contributed by atoms with Crippen LogP contribution in [-0.2, 0) is 0 Å². The Bertz CT molecular complexity index is 615. The number of benzene rings is 1. The first-order chi connectivity index (χ1) is 10.6. The van der Waals surface area contributed by atoms with Crippen LogP contribution >= 0.6 is 0 Å². The number of rotatable bonds is 3. The summed E-state index contributed by atoms with van der Waals surface area (Å²) in [5, 5.41) is 5.57. The van der Waals surface area contributed by atoms with Crippen molar-refractivity contribution in [3.8, 4) is 23.8 Å². The first-order valence-corrected chi connectivity index (χ1v) is 7.63. The van der Waals surface area contributed by atoms with Crippen LogP contribution < -0.4 is 20.1 Å². The first-order valence-electron chi connectivity index (χ1n) is 7.63. The second kappa shape index (κ2) is 5.80. The molecule has 1 atom stereocenters. The Labute approximate surface area is 130 Å². The van der Waals surface area contributed by atoms with Gasteiger partial charge in [-0.3, -0.25) is 0 Å². The summed E-state index contributed by atoms with van der Waals surface area (Å²) < 4.78 is 11.9. The summed E-state index contributed by atoms with van der Waals surface area (Å²) in [5.41, 5.74) is 0.669. The van der Waals surface area contributed by atoms with E-state index in [2.05, 4.69) is 16.6 Å². The van der Waals surface area contributed by atoms with Crippen LogP contribution in [0.1, 0.15) is 39.0 Å². The molecule has 1 aliphatic carbocycles. The summed E-state index contributed by atoms with van der Waals surface area (Å²) >= 11 is 0. The number of carbonyl (C=O) groups is 1. The average Bonchev–Trinajstić information content (AvgIpc) is 3.05. The van der Waals surface area contributed by atoms with Crippen molar-refractivity contribution in [2.75, 3.05) is 5.32 Å². The minimum absolute atomic E-state index is 0.0687. The van der Waals surface area contributed by atoms with Crippen LogP contribution in [0.2, 0.25) is 0 Å². The normalized spacial score (nSPS) is 18.7. The molecular weight excluding hydrogens is 280 g/mol. The Morgan fingerprint density at radius 2 is 2.09 bits per heavy atom.